The van der Waals surface area contributed by atoms with E-state index in [2.05, 4.69) is 21.9 Å². The highest BCUT2D eigenvalue weighted by Crippen LogP contribution is 2.03. The molecule has 1 aliphatic rings. The van der Waals surface area contributed by atoms with Crippen LogP contribution >= 0.6 is 0 Å². The Morgan fingerprint density at radius 2 is 1.94 bits per heavy atom. The van der Waals surface area contributed by atoms with E-state index in [0.29, 0.717) is 6.54 Å². The number of hydrogen-bond acceptors (Lipinski definition) is 4. The summed E-state index contributed by atoms with van der Waals surface area (Å²) in [6, 6.07) is 0.100. The molecule has 0 aliphatic carbocycles. The summed E-state index contributed by atoms with van der Waals surface area (Å²) in [6.45, 7) is 8.56. The van der Waals surface area contributed by atoms with Crippen LogP contribution in [0.3, 0.4) is 0 Å². The molecule has 1 rings (SSSR count). The molecule has 0 aromatic carbocycles. The van der Waals surface area contributed by atoms with E-state index in [9.17, 15) is 8.42 Å². The molecule has 18 heavy (non-hydrogen) atoms. The lowest BCUT2D eigenvalue weighted by Crippen LogP contribution is -2.46. The Morgan fingerprint density at radius 3 is 2.50 bits per heavy atom. The summed E-state index contributed by atoms with van der Waals surface area (Å²) >= 11 is 0. The fraction of sp³-hybridized carbons (Fsp3) is 1.00. The third kappa shape index (κ3) is 6.13. The van der Waals surface area contributed by atoms with Crippen LogP contribution in [-0.2, 0) is 10.0 Å². The fourth-order valence-electron chi connectivity index (χ4n) is 2.19. The third-order valence-corrected chi connectivity index (χ3v) is 4.77. The Kier molecular flexibility index (Phi) is 7.14. The molecule has 6 heteroatoms. The summed E-state index contributed by atoms with van der Waals surface area (Å²) in [5.41, 5.74) is 0. The van der Waals surface area contributed by atoms with Crippen molar-refractivity contribution < 1.29 is 8.42 Å². The molecular weight excluding hydrogens is 250 g/mol. The first-order valence-electron chi connectivity index (χ1n) is 7.00. The van der Waals surface area contributed by atoms with E-state index in [1.54, 1.807) is 0 Å². The lowest BCUT2D eigenvalue weighted by atomic mass is 10.1. The van der Waals surface area contributed by atoms with Crippen molar-refractivity contribution in [2.24, 2.45) is 0 Å². The molecule has 0 saturated carbocycles. The van der Waals surface area contributed by atoms with Crippen molar-refractivity contribution in [2.45, 2.75) is 39.2 Å². The average molecular weight is 277 g/mol. The van der Waals surface area contributed by atoms with Crippen LogP contribution in [0, 0.1) is 0 Å². The second-order valence-electron chi connectivity index (χ2n) is 4.92. The van der Waals surface area contributed by atoms with Crippen molar-refractivity contribution in [1.29, 1.82) is 0 Å². The molecule has 1 unspecified atom stereocenters. The van der Waals surface area contributed by atoms with Gasteiger partial charge in [0.2, 0.25) is 10.0 Å². The third-order valence-electron chi connectivity index (χ3n) is 3.36. The molecule has 0 amide bonds. The molecule has 5 nitrogen and oxygen atoms in total. The zero-order valence-electron chi connectivity index (χ0n) is 11.6. The Labute approximate surface area is 111 Å². The van der Waals surface area contributed by atoms with Crippen molar-refractivity contribution >= 4 is 10.0 Å². The van der Waals surface area contributed by atoms with Gasteiger partial charge in [0.25, 0.3) is 0 Å². The van der Waals surface area contributed by atoms with Crippen LogP contribution < -0.4 is 10.0 Å². The Bertz CT molecular complexity index is 313. The monoisotopic (exact) mass is 277 g/mol. The number of piperazine rings is 1. The molecule has 0 spiro atoms. The van der Waals surface area contributed by atoms with Gasteiger partial charge in [-0.2, -0.15) is 0 Å². The predicted octanol–water partition coefficient (Wildman–Crippen LogP) is 0.390. The summed E-state index contributed by atoms with van der Waals surface area (Å²) in [4.78, 5) is 2.20. The van der Waals surface area contributed by atoms with E-state index in [4.69, 9.17) is 0 Å². The minimum absolute atomic E-state index is 0.100. The molecule has 1 fully saturated rings. The van der Waals surface area contributed by atoms with Crippen LogP contribution in [0.1, 0.15) is 33.1 Å². The molecule has 2 N–H and O–H groups in total. The molecule has 108 valence electrons. The Hall–Kier alpha value is -0.170. The normalized spacial score (nSPS) is 19.9. The van der Waals surface area contributed by atoms with Crippen molar-refractivity contribution in [3.8, 4) is 0 Å². The maximum absolute atomic E-state index is 12.0. The van der Waals surface area contributed by atoms with E-state index < -0.39 is 10.0 Å². The van der Waals surface area contributed by atoms with Gasteiger partial charge in [-0.05, 0) is 12.8 Å². The quantitative estimate of drug-likeness (QED) is 0.674. The van der Waals surface area contributed by atoms with Gasteiger partial charge in [-0.3, -0.25) is 4.90 Å². The minimum Gasteiger partial charge on any atom is -0.314 e. The van der Waals surface area contributed by atoms with Gasteiger partial charge in [0.1, 0.15) is 0 Å². The molecule has 0 bridgehead atoms. The van der Waals surface area contributed by atoms with Gasteiger partial charge in [0, 0.05) is 38.8 Å². The number of rotatable bonds is 8. The first kappa shape index (κ1) is 15.9. The second kappa shape index (κ2) is 8.09. The zero-order chi connectivity index (χ0) is 13.4. The van der Waals surface area contributed by atoms with Gasteiger partial charge in [0.05, 0.1) is 5.75 Å². The smallest absolute Gasteiger partial charge is 0.213 e. The van der Waals surface area contributed by atoms with Crippen LogP contribution in [0.4, 0.5) is 0 Å². The number of nitrogens with one attached hydrogen (secondary N) is 2. The van der Waals surface area contributed by atoms with Crippen LogP contribution in [0.25, 0.3) is 0 Å². The van der Waals surface area contributed by atoms with Crippen LogP contribution in [-0.4, -0.2) is 57.8 Å². The van der Waals surface area contributed by atoms with E-state index in [-0.39, 0.29) is 11.8 Å². The average Bonchev–Trinajstić information content (AvgIpc) is 2.37. The topological polar surface area (TPSA) is 61.4 Å². The van der Waals surface area contributed by atoms with Crippen LogP contribution in [0.5, 0.6) is 0 Å². The van der Waals surface area contributed by atoms with Crippen molar-refractivity contribution in [1.82, 2.24) is 14.9 Å². The molecule has 0 aromatic heterocycles. The van der Waals surface area contributed by atoms with E-state index in [1.165, 1.54) is 0 Å². The first-order chi connectivity index (χ1) is 8.57. The molecule has 1 heterocycles. The summed E-state index contributed by atoms with van der Waals surface area (Å²) in [5, 5.41) is 3.26. The van der Waals surface area contributed by atoms with Gasteiger partial charge in [-0.1, -0.05) is 20.3 Å². The maximum Gasteiger partial charge on any atom is 0.213 e. The Morgan fingerprint density at radius 1 is 1.28 bits per heavy atom. The highest BCUT2D eigenvalue weighted by molar-refractivity contribution is 7.89. The summed E-state index contributed by atoms with van der Waals surface area (Å²) in [6.07, 6.45) is 2.79. The maximum atomic E-state index is 12.0. The van der Waals surface area contributed by atoms with Gasteiger partial charge < -0.3 is 5.32 Å². The van der Waals surface area contributed by atoms with Crippen molar-refractivity contribution in [3.63, 3.8) is 0 Å². The van der Waals surface area contributed by atoms with Gasteiger partial charge in [-0.15, -0.1) is 0 Å². The molecule has 1 atom stereocenters. The van der Waals surface area contributed by atoms with Gasteiger partial charge >= 0.3 is 0 Å². The van der Waals surface area contributed by atoms with Crippen molar-refractivity contribution in [2.75, 3.05) is 38.5 Å². The predicted molar refractivity (Wildman–Crippen MR) is 75.2 cm³/mol. The molecule has 1 aliphatic heterocycles. The van der Waals surface area contributed by atoms with Gasteiger partial charge in [0.15, 0.2) is 0 Å². The first-order valence-corrected chi connectivity index (χ1v) is 8.65. The minimum atomic E-state index is -3.13. The summed E-state index contributed by atoms with van der Waals surface area (Å²) < 4.78 is 26.7. The summed E-state index contributed by atoms with van der Waals surface area (Å²) in [7, 11) is -3.13. The van der Waals surface area contributed by atoms with E-state index >= 15 is 0 Å². The highest BCUT2D eigenvalue weighted by Gasteiger charge is 2.18. The van der Waals surface area contributed by atoms with E-state index in [0.717, 1.165) is 45.4 Å². The zero-order valence-corrected chi connectivity index (χ0v) is 12.4. The molecule has 1 saturated heterocycles. The molecule has 0 aromatic rings. The van der Waals surface area contributed by atoms with Crippen LogP contribution in [0.15, 0.2) is 0 Å². The molecular formula is C12H27N3O2S. The standard InChI is InChI=1S/C12H27N3O2S/c1-3-5-12(4-2)14-18(16,17)11-10-15-8-6-13-7-9-15/h12-14H,3-11H2,1-2H3. The fourth-order valence-corrected chi connectivity index (χ4v) is 3.60. The van der Waals surface area contributed by atoms with Crippen LogP contribution in [0.2, 0.25) is 0 Å². The van der Waals surface area contributed by atoms with Crippen molar-refractivity contribution in [3.05, 3.63) is 0 Å². The van der Waals surface area contributed by atoms with E-state index in [1.807, 2.05) is 6.92 Å². The SMILES string of the molecule is CCCC(CC)NS(=O)(=O)CCN1CCNCC1. The van der Waals surface area contributed by atoms with Gasteiger partial charge in [-0.25, -0.2) is 13.1 Å². The number of hydrogen-bond donors (Lipinski definition) is 2. The highest BCUT2D eigenvalue weighted by atomic mass is 32.2. The molecule has 0 radical (unpaired) electrons. The second-order valence-corrected chi connectivity index (χ2v) is 6.80. The largest absolute Gasteiger partial charge is 0.314 e. The number of sulfonamides is 1. The number of nitrogens with zero attached hydrogens (tertiary/aromatic N) is 1. The lowest BCUT2D eigenvalue weighted by Gasteiger charge is -2.27. The summed E-state index contributed by atoms with van der Waals surface area (Å²) in [5.74, 6) is 0.215. The lowest BCUT2D eigenvalue weighted by molar-refractivity contribution is 0.253. The Balaban J connectivity index is 2.33.